The third-order valence-electron chi connectivity index (χ3n) is 5.74. The van der Waals surface area contributed by atoms with Crippen molar-refractivity contribution < 1.29 is 4.74 Å². The summed E-state index contributed by atoms with van der Waals surface area (Å²) in [4.78, 5) is 0. The van der Waals surface area contributed by atoms with E-state index in [9.17, 15) is 0 Å². The minimum atomic E-state index is -0.454. The third-order valence-corrected chi connectivity index (χ3v) is 5.74. The lowest BCUT2D eigenvalue weighted by Gasteiger charge is -2.43. The molecule has 4 rings (SSSR count). The second-order valence-corrected chi connectivity index (χ2v) is 7.37. The van der Waals surface area contributed by atoms with Crippen LogP contribution in [0, 0.1) is 0 Å². The third kappa shape index (κ3) is 3.61. The lowest BCUT2D eigenvalue weighted by molar-refractivity contribution is 0.0412. The van der Waals surface area contributed by atoms with Crippen LogP contribution < -0.4 is 10.6 Å². The molecule has 0 radical (unpaired) electrons. The maximum atomic E-state index is 5.85. The van der Waals surface area contributed by atoms with Gasteiger partial charge in [0.1, 0.15) is 0 Å². The van der Waals surface area contributed by atoms with Gasteiger partial charge in [0.15, 0.2) is 0 Å². The molecule has 2 N–H and O–H groups in total. The van der Waals surface area contributed by atoms with Gasteiger partial charge in [-0.15, -0.1) is 0 Å². The summed E-state index contributed by atoms with van der Waals surface area (Å²) in [5.41, 5.74) is 3.23. The Hall–Kier alpha value is -2.46. The molecule has 0 aliphatic carbocycles. The van der Waals surface area contributed by atoms with E-state index in [4.69, 9.17) is 4.74 Å². The second-order valence-electron chi connectivity index (χ2n) is 7.37. The Kier molecular flexibility index (Phi) is 5.87. The van der Waals surface area contributed by atoms with Crippen molar-refractivity contribution in [1.82, 2.24) is 10.6 Å². The highest BCUT2D eigenvalue weighted by Gasteiger charge is 2.40. The molecule has 3 nitrogen and oxygen atoms in total. The topological polar surface area (TPSA) is 33.3 Å². The number of hydrogen-bond acceptors (Lipinski definition) is 3. The summed E-state index contributed by atoms with van der Waals surface area (Å²) in [5, 5.41) is 7.57. The molecule has 1 aliphatic heterocycles. The summed E-state index contributed by atoms with van der Waals surface area (Å²) in [6.45, 7) is 1.87. The van der Waals surface area contributed by atoms with Crippen molar-refractivity contribution in [2.75, 3.05) is 20.2 Å². The summed E-state index contributed by atoms with van der Waals surface area (Å²) in [5.74, 6) is 0. The van der Waals surface area contributed by atoms with Crippen LogP contribution in [0.2, 0.25) is 0 Å². The van der Waals surface area contributed by atoms with Crippen LogP contribution in [0.25, 0.3) is 0 Å². The van der Waals surface area contributed by atoms with Crippen molar-refractivity contribution in [3.05, 3.63) is 108 Å². The van der Waals surface area contributed by atoms with E-state index in [0.717, 1.165) is 19.5 Å². The van der Waals surface area contributed by atoms with Gasteiger partial charge in [0, 0.05) is 19.7 Å². The van der Waals surface area contributed by atoms with E-state index >= 15 is 0 Å². The maximum Gasteiger partial charge on any atom is 0.0951 e. The zero-order valence-electron chi connectivity index (χ0n) is 16.3. The molecule has 0 bridgehead atoms. The molecular formula is C25H28N2O. The Bertz CT molecular complexity index is 755. The average Bonchev–Trinajstić information content (AvgIpc) is 2.79. The van der Waals surface area contributed by atoms with Gasteiger partial charge in [-0.25, -0.2) is 0 Å². The Balaban J connectivity index is 1.90. The Morgan fingerprint density at radius 2 is 1.25 bits per heavy atom. The van der Waals surface area contributed by atoms with Crippen LogP contribution in [0.15, 0.2) is 91.0 Å². The number of nitrogens with one attached hydrogen (secondary N) is 2. The van der Waals surface area contributed by atoms with Gasteiger partial charge >= 0.3 is 0 Å². The first-order valence-electron chi connectivity index (χ1n) is 10.0. The van der Waals surface area contributed by atoms with Crippen molar-refractivity contribution in [2.45, 2.75) is 24.1 Å². The predicted octanol–water partition coefficient (Wildman–Crippen LogP) is 3.95. The first-order valence-corrected chi connectivity index (χ1v) is 10.0. The lowest BCUT2D eigenvalue weighted by atomic mass is 9.76. The van der Waals surface area contributed by atoms with Crippen molar-refractivity contribution in [3.63, 3.8) is 0 Å². The van der Waals surface area contributed by atoms with Gasteiger partial charge in [-0.1, -0.05) is 91.0 Å². The highest BCUT2D eigenvalue weighted by atomic mass is 16.5. The minimum Gasteiger partial charge on any atom is -0.380 e. The number of piperidine rings is 1. The Morgan fingerprint density at radius 3 is 1.68 bits per heavy atom. The highest BCUT2D eigenvalue weighted by Crippen LogP contribution is 2.37. The van der Waals surface area contributed by atoms with Gasteiger partial charge in [0.25, 0.3) is 0 Å². The molecule has 1 heterocycles. The van der Waals surface area contributed by atoms with E-state index in [-0.39, 0.29) is 12.1 Å². The summed E-state index contributed by atoms with van der Waals surface area (Å²) < 4.78 is 5.85. The zero-order chi connectivity index (χ0) is 19.2. The molecule has 0 spiro atoms. The number of hydrogen-bond donors (Lipinski definition) is 2. The number of methoxy groups -OCH3 is 1. The van der Waals surface area contributed by atoms with Gasteiger partial charge < -0.3 is 10.1 Å². The fourth-order valence-corrected chi connectivity index (χ4v) is 4.35. The first-order chi connectivity index (χ1) is 13.8. The van der Waals surface area contributed by atoms with Crippen molar-refractivity contribution in [3.8, 4) is 0 Å². The van der Waals surface area contributed by atoms with Crippen LogP contribution in [0.4, 0.5) is 0 Å². The minimum absolute atomic E-state index is 0.178. The molecule has 1 aliphatic rings. The van der Waals surface area contributed by atoms with E-state index in [1.54, 1.807) is 0 Å². The van der Waals surface area contributed by atoms with Gasteiger partial charge in [-0.3, -0.25) is 5.32 Å². The highest BCUT2D eigenvalue weighted by molar-refractivity contribution is 5.49. The number of rotatable bonds is 6. The molecule has 1 saturated heterocycles. The Labute approximate surface area is 167 Å². The number of ether oxygens (including phenoxy) is 1. The van der Waals surface area contributed by atoms with Gasteiger partial charge in [0.05, 0.1) is 11.6 Å². The number of benzene rings is 3. The van der Waals surface area contributed by atoms with Crippen molar-refractivity contribution in [2.24, 2.45) is 0 Å². The van der Waals surface area contributed by atoms with Gasteiger partial charge in [-0.2, -0.15) is 0 Å². The molecule has 0 unspecified atom stereocenters. The molecule has 144 valence electrons. The molecule has 3 aromatic rings. The molecule has 2 atom stereocenters. The molecule has 28 heavy (non-hydrogen) atoms. The SMILES string of the molecule is CO[C@H]1CCNC[C@@H]1NC(c1ccccc1)(c1ccccc1)c1ccccc1. The molecule has 3 aromatic carbocycles. The van der Waals surface area contributed by atoms with Crippen molar-refractivity contribution in [1.29, 1.82) is 0 Å². The van der Waals surface area contributed by atoms with E-state index < -0.39 is 5.54 Å². The average molecular weight is 373 g/mol. The predicted molar refractivity (Wildman–Crippen MR) is 114 cm³/mol. The normalized spacial score (nSPS) is 20.0. The standard InChI is InChI=1S/C25H28N2O/c1-28-24-17-18-26-19-23(24)27-25(20-11-5-2-6-12-20,21-13-7-3-8-14-21)22-15-9-4-10-16-22/h2-16,23-24,26-27H,17-19H2,1H3/t23-,24-/m0/s1. The largest absolute Gasteiger partial charge is 0.380 e. The quantitative estimate of drug-likeness (QED) is 0.643. The molecule has 0 saturated carbocycles. The van der Waals surface area contributed by atoms with Crippen LogP contribution in [-0.2, 0) is 10.3 Å². The summed E-state index contributed by atoms with van der Waals surface area (Å²) in [7, 11) is 1.82. The summed E-state index contributed by atoms with van der Waals surface area (Å²) >= 11 is 0. The second kappa shape index (κ2) is 8.70. The summed E-state index contributed by atoms with van der Waals surface area (Å²) in [6, 6.07) is 32.4. The fraction of sp³-hybridized carbons (Fsp3) is 0.280. The molecular weight excluding hydrogens is 344 g/mol. The Morgan fingerprint density at radius 1 is 0.786 bits per heavy atom. The first kappa shape index (κ1) is 18.9. The van der Waals surface area contributed by atoms with Crippen LogP contribution >= 0.6 is 0 Å². The fourth-order valence-electron chi connectivity index (χ4n) is 4.35. The van der Waals surface area contributed by atoms with Crippen molar-refractivity contribution >= 4 is 0 Å². The maximum absolute atomic E-state index is 5.85. The van der Waals surface area contributed by atoms with Gasteiger partial charge in [0.2, 0.25) is 0 Å². The zero-order valence-corrected chi connectivity index (χ0v) is 16.3. The lowest BCUT2D eigenvalue weighted by Crippen LogP contribution is -2.60. The van der Waals surface area contributed by atoms with E-state index in [1.165, 1.54) is 16.7 Å². The van der Waals surface area contributed by atoms with Gasteiger partial charge in [-0.05, 0) is 29.7 Å². The molecule has 0 aromatic heterocycles. The summed E-state index contributed by atoms with van der Waals surface area (Å²) in [6.07, 6.45) is 1.18. The smallest absolute Gasteiger partial charge is 0.0951 e. The van der Waals surface area contributed by atoms with Crippen LogP contribution in [0.5, 0.6) is 0 Å². The van der Waals surface area contributed by atoms with E-state index in [1.807, 2.05) is 7.11 Å². The van der Waals surface area contributed by atoms with E-state index in [0.29, 0.717) is 0 Å². The van der Waals surface area contributed by atoms with E-state index in [2.05, 4.69) is 102 Å². The van der Waals surface area contributed by atoms with Crippen LogP contribution in [0.3, 0.4) is 0 Å². The molecule has 3 heteroatoms. The monoisotopic (exact) mass is 372 g/mol. The van der Waals surface area contributed by atoms with Crippen LogP contribution in [-0.4, -0.2) is 32.3 Å². The van der Waals surface area contributed by atoms with Crippen LogP contribution in [0.1, 0.15) is 23.1 Å². The molecule has 0 amide bonds. The molecule has 1 fully saturated rings.